The van der Waals surface area contributed by atoms with Crippen molar-refractivity contribution in [2.45, 2.75) is 6.92 Å². The lowest BCUT2D eigenvalue weighted by Gasteiger charge is -2.08. The highest BCUT2D eigenvalue weighted by atomic mass is 16.1. The SMILES string of the molecule is Cc1cc(Nc2ccccc2)ccc1C(N)=O. The van der Waals surface area contributed by atoms with Crippen LogP contribution in [0.1, 0.15) is 15.9 Å². The van der Waals surface area contributed by atoms with Gasteiger partial charge in [-0.05, 0) is 42.8 Å². The van der Waals surface area contributed by atoms with Gasteiger partial charge in [-0.15, -0.1) is 0 Å². The molecule has 17 heavy (non-hydrogen) atoms. The van der Waals surface area contributed by atoms with Crippen molar-refractivity contribution < 1.29 is 4.79 Å². The van der Waals surface area contributed by atoms with Crippen molar-refractivity contribution in [1.29, 1.82) is 0 Å². The maximum absolute atomic E-state index is 11.1. The molecule has 2 aromatic rings. The first-order valence-corrected chi connectivity index (χ1v) is 5.39. The molecular formula is C14H14N2O. The van der Waals surface area contributed by atoms with Crippen LogP contribution in [0.3, 0.4) is 0 Å². The molecule has 2 aromatic carbocycles. The number of aryl methyl sites for hydroxylation is 1. The molecule has 0 aliphatic heterocycles. The molecule has 86 valence electrons. The average molecular weight is 226 g/mol. The molecule has 2 rings (SSSR count). The van der Waals surface area contributed by atoms with Crippen LogP contribution in [0.25, 0.3) is 0 Å². The van der Waals surface area contributed by atoms with Crippen molar-refractivity contribution in [1.82, 2.24) is 0 Å². The van der Waals surface area contributed by atoms with Gasteiger partial charge in [0.2, 0.25) is 5.91 Å². The lowest BCUT2D eigenvalue weighted by Crippen LogP contribution is -2.12. The summed E-state index contributed by atoms with van der Waals surface area (Å²) < 4.78 is 0. The van der Waals surface area contributed by atoms with Crippen LogP contribution in [0.5, 0.6) is 0 Å². The van der Waals surface area contributed by atoms with Gasteiger partial charge in [-0.25, -0.2) is 0 Å². The number of nitrogens with two attached hydrogens (primary N) is 1. The summed E-state index contributed by atoms with van der Waals surface area (Å²) in [4.78, 5) is 11.1. The number of rotatable bonds is 3. The Morgan fingerprint density at radius 1 is 1.06 bits per heavy atom. The van der Waals surface area contributed by atoms with E-state index in [2.05, 4.69) is 5.32 Å². The fraction of sp³-hybridized carbons (Fsp3) is 0.0714. The van der Waals surface area contributed by atoms with Gasteiger partial charge in [-0.1, -0.05) is 18.2 Å². The van der Waals surface area contributed by atoms with E-state index in [9.17, 15) is 4.79 Å². The van der Waals surface area contributed by atoms with Gasteiger partial charge in [-0.3, -0.25) is 4.79 Å². The standard InChI is InChI=1S/C14H14N2O/c1-10-9-12(7-8-13(10)14(15)17)16-11-5-3-2-4-6-11/h2-9,16H,1H3,(H2,15,17). The highest BCUT2D eigenvalue weighted by Crippen LogP contribution is 2.19. The third kappa shape index (κ3) is 2.64. The predicted octanol–water partition coefficient (Wildman–Crippen LogP) is 2.84. The molecule has 3 nitrogen and oxygen atoms in total. The van der Waals surface area contributed by atoms with E-state index in [-0.39, 0.29) is 0 Å². The molecule has 0 heterocycles. The summed E-state index contributed by atoms with van der Waals surface area (Å²) in [5.41, 5.74) is 8.65. The van der Waals surface area contributed by atoms with Gasteiger partial charge < -0.3 is 11.1 Å². The van der Waals surface area contributed by atoms with Gasteiger partial charge in [0.15, 0.2) is 0 Å². The van der Waals surface area contributed by atoms with Crippen molar-refractivity contribution in [3.63, 3.8) is 0 Å². The molecule has 0 unspecified atom stereocenters. The average Bonchev–Trinajstić information content (AvgIpc) is 2.30. The molecule has 0 aliphatic rings. The number of amides is 1. The van der Waals surface area contributed by atoms with Crippen molar-refractivity contribution in [2.75, 3.05) is 5.32 Å². The van der Waals surface area contributed by atoms with Crippen LogP contribution in [0.2, 0.25) is 0 Å². The molecule has 1 amide bonds. The Morgan fingerprint density at radius 3 is 2.35 bits per heavy atom. The van der Waals surface area contributed by atoms with Crippen LogP contribution < -0.4 is 11.1 Å². The Balaban J connectivity index is 2.24. The van der Waals surface area contributed by atoms with E-state index in [4.69, 9.17) is 5.73 Å². The van der Waals surface area contributed by atoms with E-state index < -0.39 is 5.91 Å². The second kappa shape index (κ2) is 4.70. The predicted molar refractivity (Wildman–Crippen MR) is 69.4 cm³/mol. The summed E-state index contributed by atoms with van der Waals surface area (Å²) in [5.74, 6) is -0.395. The molecule has 0 aliphatic carbocycles. The van der Waals surface area contributed by atoms with E-state index in [1.54, 1.807) is 6.07 Å². The number of para-hydroxylation sites is 1. The molecule has 0 spiro atoms. The molecule has 0 radical (unpaired) electrons. The zero-order valence-electron chi connectivity index (χ0n) is 9.60. The maximum Gasteiger partial charge on any atom is 0.248 e. The van der Waals surface area contributed by atoms with Gasteiger partial charge in [0, 0.05) is 16.9 Å². The molecule has 3 N–H and O–H groups in total. The third-order valence-electron chi connectivity index (χ3n) is 2.55. The van der Waals surface area contributed by atoms with Crippen molar-refractivity contribution in [3.8, 4) is 0 Å². The molecule has 0 fully saturated rings. The summed E-state index contributed by atoms with van der Waals surface area (Å²) in [6, 6.07) is 15.4. The van der Waals surface area contributed by atoms with E-state index >= 15 is 0 Å². The Labute approximate surface area is 100 Å². The monoisotopic (exact) mass is 226 g/mol. The Bertz CT molecular complexity index is 535. The lowest BCUT2D eigenvalue weighted by atomic mass is 10.1. The van der Waals surface area contributed by atoms with E-state index in [1.165, 1.54) is 0 Å². The van der Waals surface area contributed by atoms with Crippen molar-refractivity contribution in [3.05, 3.63) is 59.7 Å². The van der Waals surface area contributed by atoms with Crippen molar-refractivity contribution >= 4 is 17.3 Å². The fourth-order valence-corrected chi connectivity index (χ4v) is 1.71. The number of nitrogens with one attached hydrogen (secondary N) is 1. The number of benzene rings is 2. The Kier molecular flexibility index (Phi) is 3.10. The summed E-state index contributed by atoms with van der Waals surface area (Å²) in [5, 5.41) is 3.26. The molecule has 0 bridgehead atoms. The molecule has 3 heteroatoms. The lowest BCUT2D eigenvalue weighted by molar-refractivity contribution is 0.1000. The summed E-state index contributed by atoms with van der Waals surface area (Å²) in [6.07, 6.45) is 0. The Hall–Kier alpha value is -2.29. The normalized spacial score (nSPS) is 9.94. The van der Waals surface area contributed by atoms with Gasteiger partial charge in [-0.2, -0.15) is 0 Å². The number of primary amides is 1. The molecule has 0 saturated carbocycles. The van der Waals surface area contributed by atoms with Crippen LogP contribution >= 0.6 is 0 Å². The van der Waals surface area contributed by atoms with Gasteiger partial charge in [0.05, 0.1) is 0 Å². The van der Waals surface area contributed by atoms with Gasteiger partial charge >= 0.3 is 0 Å². The number of carbonyl (C=O) groups is 1. The largest absolute Gasteiger partial charge is 0.366 e. The number of carbonyl (C=O) groups excluding carboxylic acids is 1. The van der Waals surface area contributed by atoms with Crippen LogP contribution in [0.4, 0.5) is 11.4 Å². The molecule has 0 atom stereocenters. The Morgan fingerprint density at radius 2 is 1.76 bits per heavy atom. The zero-order chi connectivity index (χ0) is 12.3. The first-order chi connectivity index (χ1) is 8.16. The van der Waals surface area contributed by atoms with Crippen molar-refractivity contribution in [2.24, 2.45) is 5.73 Å². The van der Waals surface area contributed by atoms with Crippen LogP contribution in [0, 0.1) is 6.92 Å². The number of hydrogen-bond donors (Lipinski definition) is 2. The third-order valence-corrected chi connectivity index (χ3v) is 2.55. The zero-order valence-corrected chi connectivity index (χ0v) is 9.60. The quantitative estimate of drug-likeness (QED) is 0.845. The summed E-state index contributed by atoms with van der Waals surface area (Å²) in [6.45, 7) is 1.87. The summed E-state index contributed by atoms with van der Waals surface area (Å²) in [7, 11) is 0. The van der Waals surface area contributed by atoms with E-state index in [1.807, 2.05) is 49.4 Å². The fourth-order valence-electron chi connectivity index (χ4n) is 1.71. The molecular weight excluding hydrogens is 212 g/mol. The second-order valence-corrected chi connectivity index (χ2v) is 3.88. The smallest absolute Gasteiger partial charge is 0.248 e. The molecule has 0 aromatic heterocycles. The number of hydrogen-bond acceptors (Lipinski definition) is 2. The maximum atomic E-state index is 11.1. The van der Waals surface area contributed by atoms with E-state index in [0.29, 0.717) is 5.56 Å². The van der Waals surface area contributed by atoms with Gasteiger partial charge in [0.25, 0.3) is 0 Å². The summed E-state index contributed by atoms with van der Waals surface area (Å²) >= 11 is 0. The number of anilines is 2. The van der Waals surface area contributed by atoms with E-state index in [0.717, 1.165) is 16.9 Å². The van der Waals surface area contributed by atoms with Crippen LogP contribution in [0.15, 0.2) is 48.5 Å². The minimum absolute atomic E-state index is 0.395. The first kappa shape index (κ1) is 11.2. The van der Waals surface area contributed by atoms with Gasteiger partial charge in [0.1, 0.15) is 0 Å². The second-order valence-electron chi connectivity index (χ2n) is 3.88. The minimum Gasteiger partial charge on any atom is -0.366 e. The van der Waals surface area contributed by atoms with Crippen LogP contribution in [-0.4, -0.2) is 5.91 Å². The molecule has 0 saturated heterocycles. The van der Waals surface area contributed by atoms with Crippen LogP contribution in [-0.2, 0) is 0 Å². The minimum atomic E-state index is -0.395. The topological polar surface area (TPSA) is 55.1 Å². The first-order valence-electron chi connectivity index (χ1n) is 5.39. The highest BCUT2D eigenvalue weighted by molar-refractivity contribution is 5.94. The highest BCUT2D eigenvalue weighted by Gasteiger charge is 2.05.